The van der Waals surface area contributed by atoms with Gasteiger partial charge in [0.05, 0.1) is 6.42 Å². The molecule has 0 saturated carbocycles. The fraction of sp³-hybridized carbons (Fsp3) is 0.125. The largest absolute Gasteiger partial charge is 0.457 e. The van der Waals surface area contributed by atoms with E-state index < -0.39 is 5.97 Å². The molecule has 0 aliphatic rings. The number of hydrogen-bond acceptors (Lipinski definition) is 3. The average molecular weight is 272 g/mol. The maximum absolute atomic E-state index is 12.7. The van der Waals surface area contributed by atoms with Crippen molar-refractivity contribution in [1.29, 1.82) is 0 Å². The van der Waals surface area contributed by atoms with E-state index in [9.17, 15) is 14.0 Å². The molecule has 0 radical (unpaired) electrons. The van der Waals surface area contributed by atoms with Crippen LogP contribution in [0.2, 0.25) is 0 Å². The molecule has 4 heteroatoms. The van der Waals surface area contributed by atoms with E-state index in [1.54, 1.807) is 30.3 Å². The van der Waals surface area contributed by atoms with E-state index in [0.717, 1.165) is 0 Å². The molecule has 0 aliphatic heterocycles. The topological polar surface area (TPSA) is 43.4 Å². The number of ether oxygens (including phenoxy) is 1. The molecule has 0 amide bonds. The molecular weight excluding hydrogens is 259 g/mol. The molecule has 2 aromatic carbocycles. The monoisotopic (exact) mass is 272 g/mol. The highest BCUT2D eigenvalue weighted by Crippen LogP contribution is 2.05. The zero-order valence-corrected chi connectivity index (χ0v) is 10.7. The molecule has 3 nitrogen and oxygen atoms in total. The Balaban J connectivity index is 1.83. The number of halogens is 1. The van der Waals surface area contributed by atoms with Crippen molar-refractivity contribution in [2.24, 2.45) is 0 Å². The Kier molecular flexibility index (Phi) is 4.60. The van der Waals surface area contributed by atoms with Crippen LogP contribution in [0.4, 0.5) is 4.39 Å². The molecule has 0 unspecified atom stereocenters. The molecule has 0 bridgehead atoms. The first-order valence-corrected chi connectivity index (χ1v) is 6.13. The van der Waals surface area contributed by atoms with Crippen LogP contribution in [0.5, 0.6) is 0 Å². The summed E-state index contributed by atoms with van der Waals surface area (Å²) in [6, 6.07) is 14.2. The van der Waals surface area contributed by atoms with E-state index in [1.807, 2.05) is 0 Å². The molecular formula is C16H13FO3. The minimum absolute atomic E-state index is 0.0162. The number of carbonyl (C=O) groups is 2. The van der Waals surface area contributed by atoms with Crippen LogP contribution in [0.1, 0.15) is 15.9 Å². The van der Waals surface area contributed by atoms with E-state index in [4.69, 9.17) is 4.74 Å². The predicted octanol–water partition coefficient (Wildman–Crippen LogP) is 2.79. The van der Waals surface area contributed by atoms with Crippen molar-refractivity contribution in [1.82, 2.24) is 0 Å². The maximum Gasteiger partial charge on any atom is 0.310 e. The van der Waals surface area contributed by atoms with Gasteiger partial charge in [0.25, 0.3) is 0 Å². The van der Waals surface area contributed by atoms with Crippen molar-refractivity contribution in [3.8, 4) is 0 Å². The Morgan fingerprint density at radius 1 is 0.950 bits per heavy atom. The lowest BCUT2D eigenvalue weighted by Crippen LogP contribution is -2.15. The first kappa shape index (κ1) is 13.9. The molecule has 0 aromatic heterocycles. The molecule has 0 atom stereocenters. The SMILES string of the molecule is O=C(Cc1ccc(F)cc1)OCC(=O)c1ccccc1. The lowest BCUT2D eigenvalue weighted by molar-refractivity contribution is -0.141. The molecule has 20 heavy (non-hydrogen) atoms. The molecule has 0 N–H and O–H groups in total. The van der Waals surface area contributed by atoms with E-state index in [1.165, 1.54) is 24.3 Å². The summed E-state index contributed by atoms with van der Waals surface area (Å²) in [5.74, 6) is -1.12. The molecule has 102 valence electrons. The van der Waals surface area contributed by atoms with E-state index in [-0.39, 0.29) is 24.6 Å². The van der Waals surface area contributed by atoms with Crippen molar-refractivity contribution in [2.75, 3.05) is 6.61 Å². The number of rotatable bonds is 5. The Bertz CT molecular complexity index is 591. The normalized spacial score (nSPS) is 10.1. The molecule has 0 fully saturated rings. The molecule has 0 heterocycles. The van der Waals surface area contributed by atoms with Gasteiger partial charge in [-0.05, 0) is 17.7 Å². The highest BCUT2D eigenvalue weighted by molar-refractivity contribution is 5.97. The van der Waals surface area contributed by atoms with E-state index >= 15 is 0 Å². The Hall–Kier alpha value is -2.49. The third kappa shape index (κ3) is 4.02. The second-order valence-corrected chi connectivity index (χ2v) is 4.25. The number of esters is 1. The molecule has 2 aromatic rings. The number of Topliss-reactive ketones (excluding diaryl/α,β-unsaturated/α-hetero) is 1. The zero-order chi connectivity index (χ0) is 14.4. The number of hydrogen-bond donors (Lipinski definition) is 0. The van der Waals surface area contributed by atoms with Crippen LogP contribution in [0, 0.1) is 5.82 Å². The summed E-state index contributed by atoms with van der Waals surface area (Å²) in [6.45, 7) is -0.288. The minimum Gasteiger partial charge on any atom is -0.457 e. The van der Waals surface area contributed by atoms with Crippen LogP contribution < -0.4 is 0 Å². The first-order chi connectivity index (χ1) is 9.65. The van der Waals surface area contributed by atoms with Gasteiger partial charge in [0.15, 0.2) is 12.4 Å². The standard InChI is InChI=1S/C16H13FO3/c17-14-8-6-12(7-9-14)10-16(19)20-11-15(18)13-4-2-1-3-5-13/h1-9H,10-11H2. The van der Waals surface area contributed by atoms with Crippen LogP contribution in [-0.4, -0.2) is 18.4 Å². The predicted molar refractivity (Wildman–Crippen MR) is 71.8 cm³/mol. The minimum atomic E-state index is -0.513. The van der Waals surface area contributed by atoms with Crippen LogP contribution in [-0.2, 0) is 16.0 Å². The quantitative estimate of drug-likeness (QED) is 0.621. The molecule has 0 spiro atoms. The first-order valence-electron chi connectivity index (χ1n) is 6.13. The highest BCUT2D eigenvalue weighted by atomic mass is 19.1. The third-order valence-corrected chi connectivity index (χ3v) is 2.72. The van der Waals surface area contributed by atoms with Gasteiger partial charge in [-0.15, -0.1) is 0 Å². The van der Waals surface area contributed by atoms with E-state index in [0.29, 0.717) is 11.1 Å². The van der Waals surface area contributed by atoms with Crippen LogP contribution >= 0.6 is 0 Å². The van der Waals surface area contributed by atoms with Gasteiger partial charge in [-0.1, -0.05) is 42.5 Å². The number of benzene rings is 2. The maximum atomic E-state index is 12.7. The summed E-state index contributed by atoms with van der Waals surface area (Å²) in [5, 5.41) is 0. The van der Waals surface area contributed by atoms with Gasteiger partial charge in [-0.3, -0.25) is 9.59 Å². The van der Waals surface area contributed by atoms with Crippen LogP contribution in [0.15, 0.2) is 54.6 Å². The highest BCUT2D eigenvalue weighted by Gasteiger charge is 2.10. The summed E-state index contributed by atoms with van der Waals surface area (Å²) < 4.78 is 17.6. The Morgan fingerprint density at radius 3 is 2.25 bits per heavy atom. The van der Waals surface area contributed by atoms with Gasteiger partial charge in [-0.2, -0.15) is 0 Å². The van der Waals surface area contributed by atoms with Crippen molar-refractivity contribution in [2.45, 2.75) is 6.42 Å². The van der Waals surface area contributed by atoms with Crippen LogP contribution in [0.25, 0.3) is 0 Å². The zero-order valence-electron chi connectivity index (χ0n) is 10.7. The summed E-state index contributed by atoms with van der Waals surface area (Å²) in [6.07, 6.45) is 0.0162. The number of carbonyl (C=O) groups excluding carboxylic acids is 2. The molecule has 0 saturated heterocycles. The fourth-order valence-corrected chi connectivity index (χ4v) is 1.67. The van der Waals surface area contributed by atoms with Crippen molar-refractivity contribution in [3.63, 3.8) is 0 Å². The lowest BCUT2D eigenvalue weighted by atomic mass is 10.1. The van der Waals surface area contributed by atoms with Gasteiger partial charge in [-0.25, -0.2) is 4.39 Å². The molecule has 0 aliphatic carbocycles. The second-order valence-electron chi connectivity index (χ2n) is 4.25. The van der Waals surface area contributed by atoms with Gasteiger partial charge in [0, 0.05) is 5.56 Å². The third-order valence-electron chi connectivity index (χ3n) is 2.72. The average Bonchev–Trinajstić information content (AvgIpc) is 2.48. The van der Waals surface area contributed by atoms with Crippen molar-refractivity contribution in [3.05, 3.63) is 71.5 Å². The van der Waals surface area contributed by atoms with Gasteiger partial charge >= 0.3 is 5.97 Å². The summed E-state index contributed by atoms with van der Waals surface area (Å²) in [4.78, 5) is 23.3. The summed E-state index contributed by atoms with van der Waals surface area (Å²) >= 11 is 0. The summed E-state index contributed by atoms with van der Waals surface area (Å²) in [5.41, 5.74) is 1.14. The lowest BCUT2D eigenvalue weighted by Gasteiger charge is -2.04. The van der Waals surface area contributed by atoms with Crippen LogP contribution in [0.3, 0.4) is 0 Å². The fourth-order valence-electron chi connectivity index (χ4n) is 1.67. The second kappa shape index (κ2) is 6.61. The van der Waals surface area contributed by atoms with Gasteiger partial charge < -0.3 is 4.74 Å². The van der Waals surface area contributed by atoms with E-state index in [2.05, 4.69) is 0 Å². The van der Waals surface area contributed by atoms with Crippen molar-refractivity contribution >= 4 is 11.8 Å². The number of ketones is 1. The summed E-state index contributed by atoms with van der Waals surface area (Å²) in [7, 11) is 0. The molecule has 2 rings (SSSR count). The van der Waals surface area contributed by atoms with Gasteiger partial charge in [0.2, 0.25) is 0 Å². The van der Waals surface area contributed by atoms with Gasteiger partial charge in [0.1, 0.15) is 5.82 Å². The smallest absolute Gasteiger partial charge is 0.310 e. The van der Waals surface area contributed by atoms with Crippen molar-refractivity contribution < 1.29 is 18.7 Å². The Morgan fingerprint density at radius 2 is 1.60 bits per heavy atom. The Labute approximate surface area is 116 Å².